The first-order valence-electron chi connectivity index (χ1n) is 9.42. The standard InChI is InChI=1S/C19H20N6O4S2/c1-11-15(16(26)22-12-3-4-14(28-2)20-9-12)17(31-24-11)23-19-21-10-13(30-19)18(27)25-5-7-29-8-6-25/h3-4,9-10H,5-8H2,1-2H3,(H,21,23)(H,22,26). The molecule has 4 heterocycles. The van der Waals surface area contributed by atoms with E-state index in [2.05, 4.69) is 25.0 Å². The number of nitrogens with zero attached hydrogens (tertiary/aromatic N) is 4. The fourth-order valence-electron chi connectivity index (χ4n) is 2.94. The molecule has 3 aromatic rings. The van der Waals surface area contributed by atoms with Gasteiger partial charge in [-0.15, -0.1) is 0 Å². The highest BCUT2D eigenvalue weighted by atomic mass is 32.1. The molecule has 1 fully saturated rings. The Hall–Kier alpha value is -3.09. The third-order valence-corrected chi connectivity index (χ3v) is 6.28. The maximum absolute atomic E-state index is 12.8. The summed E-state index contributed by atoms with van der Waals surface area (Å²) in [6.45, 7) is 3.98. The number of hydrogen-bond acceptors (Lipinski definition) is 10. The van der Waals surface area contributed by atoms with Crippen LogP contribution < -0.4 is 15.4 Å². The van der Waals surface area contributed by atoms with Crippen molar-refractivity contribution in [2.75, 3.05) is 44.0 Å². The Bertz CT molecular complexity index is 1080. The molecule has 0 saturated carbocycles. The first-order valence-corrected chi connectivity index (χ1v) is 11.0. The highest BCUT2D eigenvalue weighted by Gasteiger charge is 2.23. The molecule has 2 N–H and O–H groups in total. The molecule has 3 aromatic heterocycles. The van der Waals surface area contributed by atoms with E-state index in [0.29, 0.717) is 64.1 Å². The molecule has 0 aromatic carbocycles. The summed E-state index contributed by atoms with van der Waals surface area (Å²) in [7, 11) is 1.53. The fraction of sp³-hybridized carbons (Fsp3) is 0.316. The number of aryl methyl sites for hydroxylation is 1. The van der Waals surface area contributed by atoms with Gasteiger partial charge in [0.25, 0.3) is 11.8 Å². The van der Waals surface area contributed by atoms with Gasteiger partial charge in [-0.1, -0.05) is 11.3 Å². The van der Waals surface area contributed by atoms with E-state index >= 15 is 0 Å². The minimum Gasteiger partial charge on any atom is -0.481 e. The summed E-state index contributed by atoms with van der Waals surface area (Å²) < 4.78 is 14.6. The average Bonchev–Trinajstić information content (AvgIpc) is 3.41. The van der Waals surface area contributed by atoms with Crippen molar-refractivity contribution in [3.63, 3.8) is 0 Å². The van der Waals surface area contributed by atoms with E-state index < -0.39 is 0 Å². The van der Waals surface area contributed by atoms with Crippen LogP contribution in [0.4, 0.5) is 15.8 Å². The van der Waals surface area contributed by atoms with Crippen molar-refractivity contribution in [2.45, 2.75) is 6.92 Å². The van der Waals surface area contributed by atoms with Gasteiger partial charge in [-0.25, -0.2) is 9.97 Å². The number of carbonyl (C=O) groups is 2. The number of pyridine rings is 1. The molecule has 4 rings (SSSR count). The molecule has 1 aliphatic rings. The lowest BCUT2D eigenvalue weighted by molar-refractivity contribution is 0.0306. The SMILES string of the molecule is COc1ccc(NC(=O)c2c(C)nsc2Nc2ncc(C(=O)N3CCOCC3)s2)cn1. The van der Waals surface area contributed by atoms with Crippen LogP contribution in [0.5, 0.6) is 5.88 Å². The summed E-state index contributed by atoms with van der Waals surface area (Å²) in [5.74, 6) is 0.0705. The van der Waals surface area contributed by atoms with Crippen LogP contribution in [0.3, 0.4) is 0 Å². The first kappa shape index (κ1) is 21.2. The van der Waals surface area contributed by atoms with Crippen LogP contribution in [0.25, 0.3) is 0 Å². The molecule has 0 radical (unpaired) electrons. The lowest BCUT2D eigenvalue weighted by Crippen LogP contribution is -2.40. The molecule has 0 aliphatic carbocycles. The van der Waals surface area contributed by atoms with Gasteiger partial charge < -0.3 is 25.0 Å². The molecule has 1 saturated heterocycles. The van der Waals surface area contributed by atoms with Crippen molar-refractivity contribution in [2.24, 2.45) is 0 Å². The zero-order valence-corrected chi connectivity index (χ0v) is 18.5. The number of aromatic nitrogens is 3. The summed E-state index contributed by atoms with van der Waals surface area (Å²) in [6, 6.07) is 3.37. The van der Waals surface area contributed by atoms with Crippen molar-refractivity contribution in [3.8, 4) is 5.88 Å². The van der Waals surface area contributed by atoms with E-state index in [1.807, 2.05) is 0 Å². The molecular weight excluding hydrogens is 440 g/mol. The van der Waals surface area contributed by atoms with Crippen molar-refractivity contribution >= 4 is 50.5 Å². The van der Waals surface area contributed by atoms with Gasteiger partial charge in [0.2, 0.25) is 5.88 Å². The Morgan fingerprint density at radius 3 is 2.71 bits per heavy atom. The molecule has 0 spiro atoms. The fourth-order valence-corrected chi connectivity index (χ4v) is 4.59. The van der Waals surface area contributed by atoms with Gasteiger partial charge in [-0.3, -0.25) is 9.59 Å². The van der Waals surface area contributed by atoms with Crippen LogP contribution in [-0.2, 0) is 4.74 Å². The van der Waals surface area contributed by atoms with Gasteiger partial charge in [0.05, 0.1) is 49.7 Å². The number of ether oxygens (including phenoxy) is 2. The third-order valence-electron chi connectivity index (χ3n) is 4.53. The zero-order chi connectivity index (χ0) is 21.8. The molecule has 12 heteroatoms. The molecule has 1 aliphatic heterocycles. The third kappa shape index (κ3) is 4.81. The van der Waals surface area contributed by atoms with Crippen molar-refractivity contribution in [1.82, 2.24) is 19.2 Å². The van der Waals surface area contributed by atoms with Crippen molar-refractivity contribution < 1.29 is 19.1 Å². The Labute approximate surface area is 186 Å². The molecule has 0 atom stereocenters. The quantitative estimate of drug-likeness (QED) is 0.576. The number of morpholine rings is 1. The van der Waals surface area contributed by atoms with Crippen molar-refractivity contribution in [1.29, 1.82) is 0 Å². The van der Waals surface area contributed by atoms with Crippen LogP contribution in [0, 0.1) is 6.92 Å². The number of thiazole rings is 1. The number of hydrogen-bond donors (Lipinski definition) is 2. The molecule has 31 heavy (non-hydrogen) atoms. The number of methoxy groups -OCH3 is 1. The monoisotopic (exact) mass is 460 g/mol. The van der Waals surface area contributed by atoms with Gasteiger partial charge in [0.15, 0.2) is 5.13 Å². The lowest BCUT2D eigenvalue weighted by atomic mass is 10.2. The van der Waals surface area contributed by atoms with Crippen LogP contribution in [0.2, 0.25) is 0 Å². The highest BCUT2D eigenvalue weighted by molar-refractivity contribution is 7.18. The Morgan fingerprint density at radius 1 is 1.19 bits per heavy atom. The highest BCUT2D eigenvalue weighted by Crippen LogP contribution is 2.31. The van der Waals surface area contributed by atoms with E-state index in [0.717, 1.165) is 11.5 Å². The second-order valence-electron chi connectivity index (χ2n) is 6.57. The average molecular weight is 461 g/mol. The van der Waals surface area contributed by atoms with Gasteiger partial charge in [0.1, 0.15) is 9.88 Å². The van der Waals surface area contributed by atoms with E-state index in [1.54, 1.807) is 30.2 Å². The van der Waals surface area contributed by atoms with Gasteiger partial charge >= 0.3 is 0 Å². The summed E-state index contributed by atoms with van der Waals surface area (Å²) in [5.41, 5.74) is 1.54. The largest absolute Gasteiger partial charge is 0.481 e. The molecule has 0 bridgehead atoms. The van der Waals surface area contributed by atoms with E-state index in [4.69, 9.17) is 9.47 Å². The first-order chi connectivity index (χ1) is 15.0. The minimum absolute atomic E-state index is 0.0701. The lowest BCUT2D eigenvalue weighted by Gasteiger charge is -2.26. The Balaban J connectivity index is 1.47. The number of anilines is 3. The second kappa shape index (κ2) is 9.37. The van der Waals surface area contributed by atoms with Crippen molar-refractivity contribution in [3.05, 3.63) is 40.7 Å². The van der Waals surface area contributed by atoms with E-state index in [-0.39, 0.29) is 11.8 Å². The number of nitrogens with one attached hydrogen (secondary N) is 2. The number of carbonyl (C=O) groups excluding carboxylic acids is 2. The maximum Gasteiger partial charge on any atom is 0.265 e. The topological polar surface area (TPSA) is 119 Å². The van der Waals surface area contributed by atoms with Gasteiger partial charge in [-0.2, -0.15) is 4.37 Å². The molecule has 0 unspecified atom stereocenters. The second-order valence-corrected chi connectivity index (χ2v) is 8.38. The summed E-state index contributed by atoms with van der Waals surface area (Å²) in [4.78, 5) is 36.1. The summed E-state index contributed by atoms with van der Waals surface area (Å²) >= 11 is 2.40. The molecule has 162 valence electrons. The maximum atomic E-state index is 12.8. The summed E-state index contributed by atoms with van der Waals surface area (Å²) in [5, 5.41) is 7.00. The Morgan fingerprint density at radius 2 is 2.00 bits per heavy atom. The van der Waals surface area contributed by atoms with Crippen LogP contribution in [0.1, 0.15) is 25.7 Å². The van der Waals surface area contributed by atoms with Crippen LogP contribution >= 0.6 is 22.9 Å². The van der Waals surface area contributed by atoms with Gasteiger partial charge in [0, 0.05) is 19.2 Å². The predicted molar refractivity (Wildman–Crippen MR) is 118 cm³/mol. The Kier molecular flexibility index (Phi) is 6.39. The zero-order valence-electron chi connectivity index (χ0n) is 16.9. The van der Waals surface area contributed by atoms with E-state index in [1.165, 1.54) is 24.6 Å². The van der Waals surface area contributed by atoms with Crippen LogP contribution in [0.15, 0.2) is 24.5 Å². The normalized spacial score (nSPS) is 13.7. The summed E-state index contributed by atoms with van der Waals surface area (Å²) in [6.07, 6.45) is 3.06. The minimum atomic E-state index is -0.318. The smallest absolute Gasteiger partial charge is 0.265 e. The molecule has 2 amide bonds. The predicted octanol–water partition coefficient (Wildman–Crippen LogP) is 2.78. The van der Waals surface area contributed by atoms with Crippen LogP contribution in [-0.4, -0.2) is 64.5 Å². The molecule has 10 nitrogen and oxygen atoms in total. The molecular formula is C19H20N6O4S2. The van der Waals surface area contributed by atoms with Gasteiger partial charge in [-0.05, 0) is 24.5 Å². The number of amides is 2. The van der Waals surface area contributed by atoms with E-state index in [9.17, 15) is 9.59 Å². The number of rotatable bonds is 6.